The summed E-state index contributed by atoms with van der Waals surface area (Å²) in [6, 6.07) is 6.27. The molecule has 0 aliphatic carbocycles. The fraction of sp³-hybridized carbons (Fsp3) is 0.462. The molecule has 1 aromatic carbocycles. The highest BCUT2D eigenvalue weighted by molar-refractivity contribution is 8.00. The molecule has 0 saturated heterocycles. The van der Waals surface area contributed by atoms with Crippen LogP contribution in [0.2, 0.25) is 0 Å². The molecule has 0 spiro atoms. The van der Waals surface area contributed by atoms with Gasteiger partial charge in [0.2, 0.25) is 0 Å². The molecule has 0 aliphatic heterocycles. The average Bonchev–Trinajstić information content (AvgIpc) is 2.29. The standard InChI is InChI=1S/C13H19NO2S/c1-4-16-13(15)9-17-12-6-5-10(2)7-11(12)8-14-3/h5-7,14H,4,8-9H2,1-3H3. The molecule has 0 bridgehead atoms. The Kier molecular flexibility index (Phi) is 6.08. The molecule has 17 heavy (non-hydrogen) atoms. The Hall–Kier alpha value is -1.00. The van der Waals surface area contributed by atoms with Gasteiger partial charge in [0.05, 0.1) is 12.4 Å². The first-order valence-corrected chi connectivity index (χ1v) is 6.68. The lowest BCUT2D eigenvalue weighted by Gasteiger charge is -2.09. The van der Waals surface area contributed by atoms with Crippen molar-refractivity contribution >= 4 is 17.7 Å². The van der Waals surface area contributed by atoms with Gasteiger partial charge in [-0.3, -0.25) is 4.79 Å². The number of esters is 1. The van der Waals surface area contributed by atoms with Gasteiger partial charge in [0.1, 0.15) is 0 Å². The second-order valence-corrected chi connectivity index (χ2v) is 4.75. The van der Waals surface area contributed by atoms with Crippen LogP contribution in [-0.2, 0) is 16.1 Å². The zero-order valence-electron chi connectivity index (χ0n) is 10.6. The molecule has 1 N–H and O–H groups in total. The lowest BCUT2D eigenvalue weighted by atomic mass is 10.1. The van der Waals surface area contributed by atoms with Gasteiger partial charge in [-0.2, -0.15) is 0 Å². The van der Waals surface area contributed by atoms with Gasteiger partial charge < -0.3 is 10.1 Å². The van der Waals surface area contributed by atoms with Crippen LogP contribution in [0.3, 0.4) is 0 Å². The minimum Gasteiger partial charge on any atom is -0.465 e. The lowest BCUT2D eigenvalue weighted by Crippen LogP contribution is -2.09. The molecule has 0 atom stereocenters. The highest BCUT2D eigenvalue weighted by Gasteiger charge is 2.07. The normalized spacial score (nSPS) is 10.3. The molecule has 4 heteroatoms. The van der Waals surface area contributed by atoms with E-state index in [-0.39, 0.29) is 5.97 Å². The van der Waals surface area contributed by atoms with E-state index < -0.39 is 0 Å². The minimum absolute atomic E-state index is 0.159. The highest BCUT2D eigenvalue weighted by Crippen LogP contribution is 2.24. The van der Waals surface area contributed by atoms with Crippen LogP contribution in [0.1, 0.15) is 18.1 Å². The molecule has 3 nitrogen and oxygen atoms in total. The smallest absolute Gasteiger partial charge is 0.316 e. The van der Waals surface area contributed by atoms with E-state index in [9.17, 15) is 4.79 Å². The number of nitrogens with one attached hydrogen (secondary N) is 1. The number of benzene rings is 1. The summed E-state index contributed by atoms with van der Waals surface area (Å²) in [5.41, 5.74) is 2.46. The van der Waals surface area contributed by atoms with Crippen molar-refractivity contribution in [2.75, 3.05) is 19.4 Å². The number of hydrogen-bond donors (Lipinski definition) is 1. The van der Waals surface area contributed by atoms with Crippen molar-refractivity contribution in [3.8, 4) is 0 Å². The molecular formula is C13H19NO2S. The molecule has 94 valence electrons. The predicted octanol–water partition coefficient (Wildman–Crippen LogP) is 2.37. The first kappa shape index (κ1) is 14.1. The van der Waals surface area contributed by atoms with Gasteiger partial charge in [-0.1, -0.05) is 17.7 Å². The quantitative estimate of drug-likeness (QED) is 0.624. The Morgan fingerprint density at radius 3 is 2.88 bits per heavy atom. The second kappa shape index (κ2) is 7.35. The van der Waals surface area contributed by atoms with Crippen molar-refractivity contribution in [3.05, 3.63) is 29.3 Å². The maximum atomic E-state index is 11.3. The van der Waals surface area contributed by atoms with Gasteiger partial charge in [0, 0.05) is 11.4 Å². The molecular weight excluding hydrogens is 234 g/mol. The van der Waals surface area contributed by atoms with Crippen LogP contribution in [0, 0.1) is 6.92 Å². The molecule has 0 unspecified atom stereocenters. The summed E-state index contributed by atoms with van der Waals surface area (Å²) in [6.45, 7) is 5.14. The number of thioether (sulfide) groups is 1. The van der Waals surface area contributed by atoms with Gasteiger partial charge in [0.25, 0.3) is 0 Å². The maximum absolute atomic E-state index is 11.3. The van der Waals surface area contributed by atoms with Crippen LogP contribution in [0.15, 0.2) is 23.1 Å². The Balaban J connectivity index is 2.66. The summed E-state index contributed by atoms with van der Waals surface area (Å²) in [4.78, 5) is 12.4. The largest absolute Gasteiger partial charge is 0.465 e. The molecule has 0 aliphatic rings. The topological polar surface area (TPSA) is 38.3 Å². The average molecular weight is 253 g/mol. The zero-order valence-corrected chi connectivity index (χ0v) is 11.4. The van der Waals surface area contributed by atoms with E-state index in [0.717, 1.165) is 11.4 Å². The lowest BCUT2D eigenvalue weighted by molar-refractivity contribution is -0.139. The summed E-state index contributed by atoms with van der Waals surface area (Å²) in [5.74, 6) is 0.210. The SMILES string of the molecule is CCOC(=O)CSc1ccc(C)cc1CNC. The number of carbonyl (C=O) groups excluding carboxylic acids is 1. The Morgan fingerprint density at radius 2 is 2.24 bits per heavy atom. The van der Waals surface area contributed by atoms with Crippen LogP contribution in [-0.4, -0.2) is 25.4 Å². The van der Waals surface area contributed by atoms with Gasteiger partial charge in [0.15, 0.2) is 0 Å². The number of rotatable bonds is 6. The summed E-state index contributed by atoms with van der Waals surface area (Å²) in [6.07, 6.45) is 0. The number of carbonyl (C=O) groups is 1. The van der Waals surface area contributed by atoms with Gasteiger partial charge in [-0.25, -0.2) is 0 Å². The van der Waals surface area contributed by atoms with E-state index in [1.54, 1.807) is 0 Å². The summed E-state index contributed by atoms with van der Waals surface area (Å²) in [7, 11) is 1.92. The van der Waals surface area contributed by atoms with Crippen LogP contribution in [0.5, 0.6) is 0 Å². The molecule has 0 amide bonds. The second-order valence-electron chi connectivity index (χ2n) is 3.74. The third kappa shape index (κ3) is 4.79. The predicted molar refractivity (Wildman–Crippen MR) is 71.3 cm³/mol. The van der Waals surface area contributed by atoms with Gasteiger partial charge >= 0.3 is 5.97 Å². The molecule has 1 rings (SSSR count). The molecule has 0 radical (unpaired) electrons. The third-order valence-electron chi connectivity index (χ3n) is 2.23. The molecule has 0 fully saturated rings. The number of aryl methyl sites for hydroxylation is 1. The zero-order chi connectivity index (χ0) is 12.7. The maximum Gasteiger partial charge on any atom is 0.316 e. The fourth-order valence-electron chi connectivity index (χ4n) is 1.52. The first-order valence-electron chi connectivity index (χ1n) is 5.70. The Morgan fingerprint density at radius 1 is 1.47 bits per heavy atom. The molecule has 0 aromatic heterocycles. The van der Waals surface area contributed by atoms with E-state index in [1.807, 2.05) is 14.0 Å². The number of hydrogen-bond acceptors (Lipinski definition) is 4. The third-order valence-corrected chi connectivity index (χ3v) is 3.32. The van der Waals surface area contributed by atoms with Crippen LogP contribution in [0.4, 0.5) is 0 Å². The highest BCUT2D eigenvalue weighted by atomic mass is 32.2. The van der Waals surface area contributed by atoms with E-state index >= 15 is 0 Å². The van der Waals surface area contributed by atoms with E-state index in [1.165, 1.54) is 22.9 Å². The minimum atomic E-state index is -0.159. The van der Waals surface area contributed by atoms with Crippen molar-refractivity contribution in [3.63, 3.8) is 0 Å². The van der Waals surface area contributed by atoms with Crippen LogP contribution in [0.25, 0.3) is 0 Å². The first-order chi connectivity index (χ1) is 8.17. The van der Waals surface area contributed by atoms with Crippen molar-refractivity contribution in [1.82, 2.24) is 5.32 Å². The Bertz CT molecular complexity index is 380. The fourth-order valence-corrected chi connectivity index (χ4v) is 2.35. The monoisotopic (exact) mass is 253 g/mol. The number of ether oxygens (including phenoxy) is 1. The van der Waals surface area contributed by atoms with E-state index in [2.05, 4.69) is 30.4 Å². The summed E-state index contributed by atoms with van der Waals surface area (Å²) >= 11 is 1.53. The van der Waals surface area contributed by atoms with Crippen LogP contribution < -0.4 is 5.32 Å². The van der Waals surface area contributed by atoms with Crippen molar-refractivity contribution in [1.29, 1.82) is 0 Å². The van der Waals surface area contributed by atoms with Crippen molar-refractivity contribution < 1.29 is 9.53 Å². The Labute approximate surface area is 107 Å². The van der Waals surface area contributed by atoms with Crippen molar-refractivity contribution in [2.24, 2.45) is 0 Å². The molecule has 1 aromatic rings. The van der Waals surface area contributed by atoms with E-state index in [4.69, 9.17) is 4.74 Å². The van der Waals surface area contributed by atoms with Crippen molar-refractivity contribution in [2.45, 2.75) is 25.3 Å². The summed E-state index contributed by atoms with van der Waals surface area (Å²) < 4.78 is 4.91. The van der Waals surface area contributed by atoms with Crippen LogP contribution >= 0.6 is 11.8 Å². The summed E-state index contributed by atoms with van der Waals surface area (Å²) in [5, 5.41) is 3.13. The molecule has 0 heterocycles. The van der Waals surface area contributed by atoms with Gasteiger partial charge in [-0.15, -0.1) is 11.8 Å². The van der Waals surface area contributed by atoms with E-state index in [0.29, 0.717) is 12.4 Å². The van der Waals surface area contributed by atoms with Gasteiger partial charge in [-0.05, 0) is 32.5 Å². The molecule has 0 saturated carbocycles.